The fraction of sp³-hybridized carbons (Fsp3) is 0.394. The molecule has 0 aromatic heterocycles. The number of hydrogen-bond acceptors (Lipinski definition) is 6. The van der Waals surface area contributed by atoms with E-state index in [1.54, 1.807) is 6.07 Å². The Balaban J connectivity index is 1.92. The molecule has 0 aliphatic rings. The maximum Gasteiger partial charge on any atom is 0.326 e. The van der Waals surface area contributed by atoms with Gasteiger partial charge in [0.05, 0.1) is 18.5 Å². The fourth-order valence-electron chi connectivity index (χ4n) is 4.58. The molecule has 2 N–H and O–H groups in total. The molecule has 226 valence electrons. The monoisotopic (exact) mass is 611 g/mol. The summed E-state index contributed by atoms with van der Waals surface area (Å²) >= 11 is 1.82. The van der Waals surface area contributed by atoms with E-state index in [0.717, 1.165) is 40.0 Å². The minimum absolute atomic E-state index is 0.107. The van der Waals surface area contributed by atoms with Crippen LogP contribution in [0.1, 0.15) is 71.8 Å². The molecule has 0 spiro atoms. The molecule has 1 amide bonds. The van der Waals surface area contributed by atoms with E-state index in [1.165, 1.54) is 5.56 Å². The molecular weight excluding hydrogens is 570 g/mol. The number of amides is 1. The molecule has 0 unspecified atom stereocenters. The number of hydrogen-bond donors (Lipinski definition) is 2. The maximum absolute atomic E-state index is 13.4. The van der Waals surface area contributed by atoms with Crippen LogP contribution in [0, 0.1) is 6.92 Å². The zero-order chi connectivity index (χ0) is 30.9. The van der Waals surface area contributed by atoms with Crippen molar-refractivity contribution in [3.63, 3.8) is 0 Å². The SMILES string of the molecule is CCSC[C@@H](OCc1ccc(C(=O)N[C@@H](CCS(C)(=O)=O)C(=O)O)c(-c2ccccc2C)c1)c1cccc(C(C)C)c1. The Labute approximate surface area is 254 Å². The van der Waals surface area contributed by atoms with E-state index in [2.05, 4.69) is 50.4 Å². The van der Waals surface area contributed by atoms with Crippen LogP contribution < -0.4 is 5.32 Å². The Hall–Kier alpha value is -3.14. The number of sulfone groups is 1. The van der Waals surface area contributed by atoms with Gasteiger partial charge in [0.15, 0.2) is 0 Å². The number of carboxylic acid groups (broad SMARTS) is 1. The molecule has 0 aliphatic carbocycles. The summed E-state index contributed by atoms with van der Waals surface area (Å²) in [4.78, 5) is 25.2. The Bertz CT molecular complexity index is 1490. The van der Waals surface area contributed by atoms with Crippen LogP contribution in [0.25, 0.3) is 11.1 Å². The molecule has 0 aliphatic heterocycles. The number of benzene rings is 3. The number of aliphatic carboxylic acids is 1. The van der Waals surface area contributed by atoms with Crippen molar-refractivity contribution in [3.8, 4) is 11.1 Å². The maximum atomic E-state index is 13.4. The van der Waals surface area contributed by atoms with Crippen molar-refractivity contribution in [2.24, 2.45) is 0 Å². The van der Waals surface area contributed by atoms with Crippen molar-refractivity contribution in [1.82, 2.24) is 5.32 Å². The lowest BCUT2D eigenvalue weighted by Crippen LogP contribution is -2.42. The Morgan fingerprint density at radius 3 is 2.33 bits per heavy atom. The van der Waals surface area contributed by atoms with Gasteiger partial charge < -0.3 is 15.2 Å². The van der Waals surface area contributed by atoms with Crippen LogP contribution in [0.15, 0.2) is 66.7 Å². The average molecular weight is 612 g/mol. The van der Waals surface area contributed by atoms with E-state index in [9.17, 15) is 23.1 Å². The van der Waals surface area contributed by atoms with Crippen LogP contribution in [0.4, 0.5) is 0 Å². The van der Waals surface area contributed by atoms with Gasteiger partial charge >= 0.3 is 5.97 Å². The van der Waals surface area contributed by atoms with Crippen LogP contribution >= 0.6 is 11.8 Å². The van der Waals surface area contributed by atoms with E-state index in [0.29, 0.717) is 23.7 Å². The Kier molecular flexibility index (Phi) is 12.2. The molecule has 0 fully saturated rings. The number of carbonyl (C=O) groups excluding carboxylic acids is 1. The van der Waals surface area contributed by atoms with Gasteiger partial charge in [-0.2, -0.15) is 11.8 Å². The first-order valence-electron chi connectivity index (χ1n) is 14.1. The largest absolute Gasteiger partial charge is 0.480 e. The summed E-state index contributed by atoms with van der Waals surface area (Å²) in [7, 11) is -3.39. The summed E-state index contributed by atoms with van der Waals surface area (Å²) in [6.45, 7) is 8.75. The first-order chi connectivity index (χ1) is 19.9. The number of thioether (sulfide) groups is 1. The normalized spacial score (nSPS) is 13.1. The van der Waals surface area contributed by atoms with Crippen molar-refractivity contribution in [3.05, 3.63) is 94.5 Å². The summed E-state index contributed by atoms with van der Waals surface area (Å²) in [5.74, 6) is -0.00845. The minimum atomic E-state index is -3.39. The number of nitrogens with one attached hydrogen (secondary N) is 1. The molecule has 0 saturated heterocycles. The zero-order valence-corrected chi connectivity index (χ0v) is 26.6. The summed E-state index contributed by atoms with van der Waals surface area (Å²) in [5, 5.41) is 12.2. The molecule has 3 aromatic carbocycles. The second-order valence-corrected chi connectivity index (χ2v) is 14.3. The first-order valence-corrected chi connectivity index (χ1v) is 17.3. The topological polar surface area (TPSA) is 110 Å². The second-order valence-electron chi connectivity index (χ2n) is 10.8. The lowest BCUT2D eigenvalue weighted by molar-refractivity contribution is -0.139. The lowest BCUT2D eigenvalue weighted by atomic mass is 9.93. The number of carbonyl (C=O) groups is 2. The molecular formula is C33H41NO6S2. The van der Waals surface area contributed by atoms with Gasteiger partial charge in [-0.1, -0.05) is 75.4 Å². The van der Waals surface area contributed by atoms with Crippen molar-refractivity contribution < 1.29 is 27.9 Å². The molecule has 7 nitrogen and oxygen atoms in total. The third-order valence-corrected chi connectivity index (χ3v) is 8.94. The van der Waals surface area contributed by atoms with Gasteiger partial charge in [-0.3, -0.25) is 4.79 Å². The molecule has 0 heterocycles. The van der Waals surface area contributed by atoms with Crippen LogP contribution in [0.2, 0.25) is 0 Å². The predicted octanol–water partition coefficient (Wildman–Crippen LogP) is 6.41. The number of aryl methyl sites for hydroxylation is 1. The molecule has 0 bridgehead atoms. The molecule has 2 atom stereocenters. The minimum Gasteiger partial charge on any atom is -0.480 e. The molecule has 42 heavy (non-hydrogen) atoms. The number of rotatable bonds is 15. The zero-order valence-electron chi connectivity index (χ0n) is 24.9. The van der Waals surface area contributed by atoms with E-state index in [4.69, 9.17) is 4.74 Å². The highest BCUT2D eigenvalue weighted by molar-refractivity contribution is 7.99. The fourth-order valence-corrected chi connectivity index (χ4v) is 5.99. The smallest absolute Gasteiger partial charge is 0.326 e. The molecule has 0 radical (unpaired) electrons. The standard InChI is InChI=1S/C33H41NO6S2/c1-6-41-21-31(26-12-9-11-25(19-26)22(2)3)40-20-24-14-15-28(29(18-24)27-13-8-7-10-23(27)4)32(35)34-30(33(36)37)16-17-42(5,38)39/h7-15,18-19,22,30-31H,6,16-17,20-21H2,1-5H3,(H,34,35)(H,36,37)/t30-,31+/m0/s1. The van der Waals surface area contributed by atoms with Gasteiger partial charge in [0.25, 0.3) is 5.91 Å². The van der Waals surface area contributed by atoms with Crippen molar-refractivity contribution in [2.45, 2.75) is 58.8 Å². The summed E-state index contributed by atoms with van der Waals surface area (Å²) in [6.07, 6.45) is 0.711. The van der Waals surface area contributed by atoms with Crippen molar-refractivity contribution in [1.29, 1.82) is 0 Å². The van der Waals surface area contributed by atoms with Crippen LogP contribution in [-0.2, 0) is 26.0 Å². The molecule has 9 heteroatoms. The Morgan fingerprint density at radius 2 is 1.69 bits per heavy atom. The Morgan fingerprint density at radius 1 is 0.976 bits per heavy atom. The van der Waals surface area contributed by atoms with E-state index >= 15 is 0 Å². The predicted molar refractivity (Wildman–Crippen MR) is 171 cm³/mol. The van der Waals surface area contributed by atoms with Gasteiger partial charge in [0, 0.05) is 17.6 Å². The van der Waals surface area contributed by atoms with E-state index < -0.39 is 27.8 Å². The van der Waals surface area contributed by atoms with Gasteiger partial charge in [-0.05, 0) is 70.5 Å². The van der Waals surface area contributed by atoms with Gasteiger partial charge in [-0.25, -0.2) is 13.2 Å². The van der Waals surface area contributed by atoms with Crippen LogP contribution in [0.5, 0.6) is 0 Å². The van der Waals surface area contributed by atoms with Crippen LogP contribution in [0.3, 0.4) is 0 Å². The summed E-state index contributed by atoms with van der Waals surface area (Å²) in [6, 6.07) is 20.3. The third kappa shape index (κ3) is 9.71. The first kappa shape index (κ1) is 33.4. The van der Waals surface area contributed by atoms with E-state index in [1.807, 2.05) is 55.1 Å². The highest BCUT2D eigenvalue weighted by Crippen LogP contribution is 2.31. The number of carboxylic acids is 1. The van der Waals surface area contributed by atoms with Gasteiger partial charge in [0.1, 0.15) is 15.9 Å². The molecule has 3 aromatic rings. The average Bonchev–Trinajstić information content (AvgIpc) is 2.94. The van der Waals surface area contributed by atoms with Crippen molar-refractivity contribution in [2.75, 3.05) is 23.5 Å². The molecule has 3 rings (SSSR count). The number of ether oxygens (including phenoxy) is 1. The van der Waals surface area contributed by atoms with Crippen LogP contribution in [-0.4, -0.2) is 55.0 Å². The summed E-state index contributed by atoms with van der Waals surface area (Å²) in [5.41, 5.74) is 6.03. The highest BCUT2D eigenvalue weighted by Gasteiger charge is 2.24. The van der Waals surface area contributed by atoms with Crippen molar-refractivity contribution >= 4 is 33.5 Å². The lowest BCUT2D eigenvalue weighted by Gasteiger charge is -2.21. The van der Waals surface area contributed by atoms with Gasteiger partial charge in [0.2, 0.25) is 0 Å². The van der Waals surface area contributed by atoms with E-state index in [-0.39, 0.29) is 18.3 Å². The third-order valence-electron chi connectivity index (χ3n) is 7.02. The molecule has 0 saturated carbocycles. The second kappa shape index (κ2) is 15.4. The summed E-state index contributed by atoms with van der Waals surface area (Å²) < 4.78 is 29.7. The highest BCUT2D eigenvalue weighted by atomic mass is 32.2. The van der Waals surface area contributed by atoms with Gasteiger partial charge in [-0.15, -0.1) is 0 Å². The quantitative estimate of drug-likeness (QED) is 0.204.